The van der Waals surface area contributed by atoms with E-state index in [1.54, 1.807) is 0 Å². The van der Waals surface area contributed by atoms with Gasteiger partial charge in [-0.3, -0.25) is 0 Å². The zero-order chi connectivity index (χ0) is 12.7. The number of allylic oxidation sites excluding steroid dienone is 1. The smallest absolute Gasteiger partial charge is 0.0830 e. The highest BCUT2D eigenvalue weighted by Crippen LogP contribution is 2.34. The number of hydrogen-bond acceptors (Lipinski definition) is 2. The molecule has 0 heterocycles. The third-order valence-corrected chi connectivity index (χ3v) is 4.20. The maximum atomic E-state index is 5.95. The minimum atomic E-state index is 0.0563. The van der Waals surface area contributed by atoms with Crippen molar-refractivity contribution in [2.75, 3.05) is 14.2 Å². The monoisotopic (exact) mass is 239 g/mol. The normalized spacial score (nSPS) is 21.8. The van der Waals surface area contributed by atoms with Gasteiger partial charge in [0.1, 0.15) is 0 Å². The Morgan fingerprint density at radius 1 is 1.29 bits per heavy atom. The SMILES string of the molecule is C=C(C)CCC(NC)C1(OC)CCCCCC1. The molecule has 1 saturated carbocycles. The van der Waals surface area contributed by atoms with Crippen molar-refractivity contribution in [2.24, 2.45) is 0 Å². The Morgan fingerprint density at radius 2 is 1.88 bits per heavy atom. The number of nitrogens with one attached hydrogen (secondary N) is 1. The van der Waals surface area contributed by atoms with Gasteiger partial charge in [0.05, 0.1) is 5.60 Å². The second kappa shape index (κ2) is 7.17. The maximum Gasteiger partial charge on any atom is 0.0830 e. The predicted octanol–water partition coefficient (Wildman–Crippen LogP) is 3.67. The third-order valence-electron chi connectivity index (χ3n) is 4.20. The van der Waals surface area contributed by atoms with E-state index < -0.39 is 0 Å². The summed E-state index contributed by atoms with van der Waals surface area (Å²) >= 11 is 0. The first-order valence-corrected chi connectivity index (χ1v) is 7.01. The van der Waals surface area contributed by atoms with E-state index in [1.807, 2.05) is 7.11 Å². The van der Waals surface area contributed by atoms with E-state index in [1.165, 1.54) is 44.1 Å². The lowest BCUT2D eigenvalue weighted by molar-refractivity contribution is -0.0529. The van der Waals surface area contributed by atoms with Crippen LogP contribution in [-0.2, 0) is 4.74 Å². The van der Waals surface area contributed by atoms with E-state index in [4.69, 9.17) is 4.74 Å². The summed E-state index contributed by atoms with van der Waals surface area (Å²) in [4.78, 5) is 0. The van der Waals surface area contributed by atoms with Crippen molar-refractivity contribution in [3.8, 4) is 0 Å². The summed E-state index contributed by atoms with van der Waals surface area (Å²) in [5.41, 5.74) is 1.32. The molecule has 1 aliphatic carbocycles. The summed E-state index contributed by atoms with van der Waals surface area (Å²) in [6, 6.07) is 0.460. The molecule has 1 aliphatic rings. The molecule has 0 spiro atoms. The van der Waals surface area contributed by atoms with Crippen molar-refractivity contribution in [1.82, 2.24) is 5.32 Å². The molecule has 0 aromatic heterocycles. The maximum absolute atomic E-state index is 5.95. The number of rotatable bonds is 6. The van der Waals surface area contributed by atoms with Crippen molar-refractivity contribution in [2.45, 2.75) is 69.9 Å². The largest absolute Gasteiger partial charge is 0.377 e. The van der Waals surface area contributed by atoms with Gasteiger partial charge < -0.3 is 10.1 Å². The number of hydrogen-bond donors (Lipinski definition) is 1. The molecule has 1 N–H and O–H groups in total. The molecular formula is C15H29NO. The molecule has 2 heteroatoms. The number of methoxy groups -OCH3 is 1. The van der Waals surface area contributed by atoms with Crippen LogP contribution >= 0.6 is 0 Å². The van der Waals surface area contributed by atoms with E-state index in [2.05, 4.69) is 25.9 Å². The molecule has 0 amide bonds. The van der Waals surface area contributed by atoms with Crippen LogP contribution in [0, 0.1) is 0 Å². The molecule has 100 valence electrons. The summed E-state index contributed by atoms with van der Waals surface area (Å²) in [6.45, 7) is 6.12. The van der Waals surface area contributed by atoms with Gasteiger partial charge in [0, 0.05) is 13.2 Å². The average molecular weight is 239 g/mol. The van der Waals surface area contributed by atoms with Crippen molar-refractivity contribution < 1.29 is 4.74 Å². The summed E-state index contributed by atoms with van der Waals surface area (Å²) < 4.78 is 5.95. The van der Waals surface area contributed by atoms with Crippen LogP contribution in [0.4, 0.5) is 0 Å². The van der Waals surface area contributed by atoms with Gasteiger partial charge >= 0.3 is 0 Å². The van der Waals surface area contributed by atoms with Crippen LogP contribution < -0.4 is 5.32 Å². The van der Waals surface area contributed by atoms with Gasteiger partial charge in [-0.15, -0.1) is 6.58 Å². The average Bonchev–Trinajstić information content (AvgIpc) is 2.56. The van der Waals surface area contributed by atoms with Gasteiger partial charge in [-0.25, -0.2) is 0 Å². The first kappa shape index (κ1) is 14.7. The molecule has 17 heavy (non-hydrogen) atoms. The second-order valence-electron chi connectivity index (χ2n) is 5.52. The first-order chi connectivity index (χ1) is 8.14. The summed E-state index contributed by atoms with van der Waals surface area (Å²) in [7, 11) is 3.95. The van der Waals surface area contributed by atoms with Crippen LogP contribution in [0.1, 0.15) is 58.3 Å². The van der Waals surface area contributed by atoms with Crippen LogP contribution in [0.5, 0.6) is 0 Å². The molecule has 0 aromatic carbocycles. The van der Waals surface area contributed by atoms with E-state index in [0.29, 0.717) is 6.04 Å². The molecule has 1 unspecified atom stereocenters. The standard InChI is InChI=1S/C15H29NO/c1-13(2)9-10-14(16-3)15(17-4)11-7-5-6-8-12-15/h14,16H,1,5-12H2,2-4H3. The third kappa shape index (κ3) is 4.11. The van der Waals surface area contributed by atoms with Crippen molar-refractivity contribution in [1.29, 1.82) is 0 Å². The molecule has 0 aromatic rings. The molecule has 1 atom stereocenters. The molecule has 0 saturated heterocycles. The van der Waals surface area contributed by atoms with Gasteiger partial charge in [-0.1, -0.05) is 31.3 Å². The molecule has 0 bridgehead atoms. The topological polar surface area (TPSA) is 21.3 Å². The lowest BCUT2D eigenvalue weighted by Gasteiger charge is -2.39. The minimum Gasteiger partial charge on any atom is -0.377 e. The van der Waals surface area contributed by atoms with Crippen LogP contribution in [0.15, 0.2) is 12.2 Å². The number of likely N-dealkylation sites (N-methyl/N-ethyl adjacent to an activating group) is 1. The molecule has 2 nitrogen and oxygen atoms in total. The Labute approximate surface area is 107 Å². The lowest BCUT2D eigenvalue weighted by atomic mass is 9.83. The zero-order valence-electron chi connectivity index (χ0n) is 11.8. The fraction of sp³-hybridized carbons (Fsp3) is 0.867. The van der Waals surface area contributed by atoms with Gasteiger partial charge in [-0.05, 0) is 39.7 Å². The quantitative estimate of drug-likeness (QED) is 0.564. The molecule has 0 radical (unpaired) electrons. The highest BCUT2D eigenvalue weighted by atomic mass is 16.5. The fourth-order valence-electron chi connectivity index (χ4n) is 3.08. The van der Waals surface area contributed by atoms with Crippen LogP contribution in [-0.4, -0.2) is 25.8 Å². The van der Waals surface area contributed by atoms with Crippen LogP contribution in [0.25, 0.3) is 0 Å². The Balaban J connectivity index is 2.68. The van der Waals surface area contributed by atoms with Crippen LogP contribution in [0.3, 0.4) is 0 Å². The second-order valence-corrected chi connectivity index (χ2v) is 5.52. The van der Waals surface area contributed by atoms with Gasteiger partial charge in [0.15, 0.2) is 0 Å². The molecular weight excluding hydrogens is 210 g/mol. The van der Waals surface area contributed by atoms with E-state index >= 15 is 0 Å². The van der Waals surface area contributed by atoms with Crippen molar-refractivity contribution in [3.63, 3.8) is 0 Å². The fourth-order valence-corrected chi connectivity index (χ4v) is 3.08. The van der Waals surface area contributed by atoms with Crippen molar-refractivity contribution >= 4 is 0 Å². The van der Waals surface area contributed by atoms with Crippen molar-refractivity contribution in [3.05, 3.63) is 12.2 Å². The Morgan fingerprint density at radius 3 is 2.29 bits per heavy atom. The molecule has 0 aliphatic heterocycles. The Bertz CT molecular complexity index is 229. The lowest BCUT2D eigenvalue weighted by Crippen LogP contribution is -2.50. The molecule has 1 rings (SSSR count). The van der Waals surface area contributed by atoms with Gasteiger partial charge in [0.25, 0.3) is 0 Å². The molecule has 1 fully saturated rings. The van der Waals surface area contributed by atoms with Gasteiger partial charge in [-0.2, -0.15) is 0 Å². The van der Waals surface area contributed by atoms with Crippen LogP contribution in [0.2, 0.25) is 0 Å². The first-order valence-electron chi connectivity index (χ1n) is 7.01. The highest BCUT2D eigenvalue weighted by Gasteiger charge is 2.37. The Hall–Kier alpha value is -0.340. The predicted molar refractivity (Wildman–Crippen MR) is 74.3 cm³/mol. The van der Waals surface area contributed by atoms with Gasteiger partial charge in [0.2, 0.25) is 0 Å². The highest BCUT2D eigenvalue weighted by molar-refractivity contribution is 4.97. The van der Waals surface area contributed by atoms with E-state index in [9.17, 15) is 0 Å². The summed E-state index contributed by atoms with van der Waals surface area (Å²) in [5.74, 6) is 0. The van der Waals surface area contributed by atoms with E-state index in [0.717, 1.165) is 12.8 Å². The summed E-state index contributed by atoms with van der Waals surface area (Å²) in [6.07, 6.45) is 9.97. The zero-order valence-corrected chi connectivity index (χ0v) is 11.8. The Kier molecular flexibility index (Phi) is 6.21. The number of ether oxygens (including phenoxy) is 1. The summed E-state index contributed by atoms with van der Waals surface area (Å²) in [5, 5.41) is 3.48. The minimum absolute atomic E-state index is 0.0563. The van der Waals surface area contributed by atoms with E-state index in [-0.39, 0.29) is 5.60 Å².